The van der Waals surface area contributed by atoms with E-state index in [4.69, 9.17) is 9.84 Å². The summed E-state index contributed by atoms with van der Waals surface area (Å²) in [6.07, 6.45) is 0.664. The van der Waals surface area contributed by atoms with Crippen molar-refractivity contribution in [3.05, 3.63) is 0 Å². The summed E-state index contributed by atoms with van der Waals surface area (Å²) >= 11 is 0. The minimum Gasteiger partial charge on any atom is -0.480 e. The number of methoxy groups -OCH3 is 1. The topological polar surface area (TPSA) is 99.2 Å². The van der Waals surface area contributed by atoms with Gasteiger partial charge in [-0.3, -0.25) is 4.79 Å². The second kappa shape index (κ2) is 6.93. The molecule has 0 aliphatic carbocycles. The summed E-state index contributed by atoms with van der Waals surface area (Å²) in [6, 6.07) is -1.68. The Bertz CT molecular complexity index is 360. The molecule has 3 amide bonds. The zero-order chi connectivity index (χ0) is 14.4. The average molecular weight is 273 g/mol. The van der Waals surface area contributed by atoms with E-state index in [9.17, 15) is 14.4 Å². The molecule has 0 spiro atoms. The van der Waals surface area contributed by atoms with E-state index in [0.717, 1.165) is 0 Å². The van der Waals surface area contributed by atoms with Crippen LogP contribution in [0.5, 0.6) is 0 Å². The van der Waals surface area contributed by atoms with Gasteiger partial charge in [0.1, 0.15) is 6.54 Å². The molecule has 0 radical (unpaired) electrons. The maximum atomic E-state index is 11.9. The minimum atomic E-state index is -1.17. The first kappa shape index (κ1) is 15.2. The fourth-order valence-corrected chi connectivity index (χ4v) is 1.74. The highest BCUT2D eigenvalue weighted by Gasteiger charge is 2.26. The SMILES string of the molecule is COCC(NC(=O)N1CCCN(C)C(=O)C1)C(=O)O. The number of hydrogen-bond donors (Lipinski definition) is 2. The van der Waals surface area contributed by atoms with Crippen LogP contribution in [0, 0.1) is 0 Å². The molecule has 1 fully saturated rings. The molecular weight excluding hydrogens is 254 g/mol. The van der Waals surface area contributed by atoms with Gasteiger partial charge in [-0.1, -0.05) is 0 Å². The second-order valence-corrected chi connectivity index (χ2v) is 4.39. The summed E-state index contributed by atoms with van der Waals surface area (Å²) in [5.41, 5.74) is 0. The lowest BCUT2D eigenvalue weighted by atomic mass is 10.3. The number of carboxylic acids is 1. The quantitative estimate of drug-likeness (QED) is 0.681. The number of nitrogens with one attached hydrogen (secondary N) is 1. The number of likely N-dealkylation sites (N-methyl/N-ethyl adjacent to an activating group) is 1. The van der Waals surface area contributed by atoms with Crippen LogP contribution in [-0.4, -0.2) is 79.3 Å². The molecule has 1 saturated heterocycles. The summed E-state index contributed by atoms with van der Waals surface area (Å²) in [5, 5.41) is 11.3. The Balaban J connectivity index is 2.60. The molecule has 0 aromatic carbocycles. The predicted molar refractivity (Wildman–Crippen MR) is 65.7 cm³/mol. The third-order valence-corrected chi connectivity index (χ3v) is 2.89. The predicted octanol–water partition coefficient (Wildman–Crippen LogP) is -1.04. The number of amides is 3. The van der Waals surface area contributed by atoms with Crippen LogP contribution in [0.2, 0.25) is 0 Å². The van der Waals surface area contributed by atoms with Gasteiger partial charge >= 0.3 is 12.0 Å². The fourth-order valence-electron chi connectivity index (χ4n) is 1.74. The Kier molecular flexibility index (Phi) is 5.56. The number of nitrogens with zero attached hydrogens (tertiary/aromatic N) is 2. The van der Waals surface area contributed by atoms with Gasteiger partial charge in [0.25, 0.3) is 0 Å². The molecule has 8 nitrogen and oxygen atoms in total. The van der Waals surface area contributed by atoms with Crippen LogP contribution in [0.25, 0.3) is 0 Å². The monoisotopic (exact) mass is 273 g/mol. The van der Waals surface area contributed by atoms with Gasteiger partial charge in [-0.05, 0) is 6.42 Å². The van der Waals surface area contributed by atoms with Crippen molar-refractivity contribution in [1.82, 2.24) is 15.1 Å². The summed E-state index contributed by atoms with van der Waals surface area (Å²) in [4.78, 5) is 37.3. The van der Waals surface area contributed by atoms with Crippen molar-refractivity contribution >= 4 is 17.9 Å². The third-order valence-electron chi connectivity index (χ3n) is 2.89. The summed E-state index contributed by atoms with van der Waals surface area (Å²) in [7, 11) is 3.03. The molecule has 1 rings (SSSR count). The highest BCUT2D eigenvalue weighted by molar-refractivity contribution is 5.87. The van der Waals surface area contributed by atoms with E-state index < -0.39 is 18.0 Å². The molecule has 0 saturated carbocycles. The molecule has 0 aromatic heterocycles. The van der Waals surface area contributed by atoms with Crippen LogP contribution >= 0.6 is 0 Å². The Morgan fingerprint density at radius 1 is 1.47 bits per heavy atom. The first-order valence-electron chi connectivity index (χ1n) is 5.97. The number of ether oxygens (including phenoxy) is 1. The van der Waals surface area contributed by atoms with Crippen molar-refractivity contribution in [2.75, 3.05) is 40.4 Å². The number of rotatable bonds is 4. The summed E-state index contributed by atoms with van der Waals surface area (Å²) in [6.45, 7) is 0.842. The van der Waals surface area contributed by atoms with Gasteiger partial charge in [0.2, 0.25) is 5.91 Å². The highest BCUT2D eigenvalue weighted by Crippen LogP contribution is 2.03. The first-order valence-corrected chi connectivity index (χ1v) is 5.97. The zero-order valence-electron chi connectivity index (χ0n) is 11.1. The summed E-state index contributed by atoms with van der Waals surface area (Å²) in [5.74, 6) is -1.33. The van der Waals surface area contributed by atoms with Crippen molar-refractivity contribution in [3.63, 3.8) is 0 Å². The largest absolute Gasteiger partial charge is 0.480 e. The van der Waals surface area contributed by atoms with Crippen LogP contribution in [0.3, 0.4) is 0 Å². The molecule has 1 unspecified atom stereocenters. The van der Waals surface area contributed by atoms with E-state index in [1.54, 1.807) is 11.9 Å². The Hall–Kier alpha value is -1.83. The van der Waals surface area contributed by atoms with Gasteiger partial charge in [0.15, 0.2) is 6.04 Å². The van der Waals surface area contributed by atoms with Crippen molar-refractivity contribution < 1.29 is 24.2 Å². The third kappa shape index (κ3) is 4.40. The molecule has 8 heteroatoms. The standard InChI is InChI=1S/C11H19N3O5/c1-13-4-3-5-14(6-9(13)15)11(18)12-8(7-19-2)10(16)17/h8H,3-7H2,1-2H3,(H,12,18)(H,16,17). The molecule has 1 heterocycles. The smallest absolute Gasteiger partial charge is 0.328 e. The normalized spacial score (nSPS) is 17.9. The Labute approximate surface area is 111 Å². The van der Waals surface area contributed by atoms with E-state index in [1.165, 1.54) is 12.0 Å². The molecule has 1 atom stereocenters. The van der Waals surface area contributed by atoms with Gasteiger partial charge in [0, 0.05) is 27.2 Å². The fraction of sp³-hybridized carbons (Fsp3) is 0.727. The van der Waals surface area contributed by atoms with Crippen LogP contribution in [0.15, 0.2) is 0 Å². The van der Waals surface area contributed by atoms with Crippen LogP contribution in [-0.2, 0) is 14.3 Å². The van der Waals surface area contributed by atoms with Gasteiger partial charge in [-0.2, -0.15) is 0 Å². The first-order chi connectivity index (χ1) is 8.95. The minimum absolute atomic E-state index is 0.0400. The van der Waals surface area contributed by atoms with E-state index >= 15 is 0 Å². The van der Waals surface area contributed by atoms with Crippen LogP contribution in [0.1, 0.15) is 6.42 Å². The maximum absolute atomic E-state index is 11.9. The van der Waals surface area contributed by atoms with Crippen LogP contribution in [0.4, 0.5) is 4.79 Å². The van der Waals surface area contributed by atoms with Crippen molar-refractivity contribution in [2.45, 2.75) is 12.5 Å². The van der Waals surface area contributed by atoms with E-state index in [0.29, 0.717) is 19.5 Å². The highest BCUT2D eigenvalue weighted by atomic mass is 16.5. The number of hydrogen-bond acceptors (Lipinski definition) is 4. The Morgan fingerprint density at radius 3 is 2.74 bits per heavy atom. The molecule has 1 aliphatic rings. The number of carboxylic acid groups (broad SMARTS) is 1. The number of aliphatic carboxylic acids is 1. The van der Waals surface area contributed by atoms with Crippen molar-refractivity contribution in [2.24, 2.45) is 0 Å². The number of carbonyl (C=O) groups is 3. The Morgan fingerprint density at radius 2 is 2.16 bits per heavy atom. The number of urea groups is 1. The molecule has 1 aliphatic heterocycles. The van der Waals surface area contributed by atoms with Crippen molar-refractivity contribution in [1.29, 1.82) is 0 Å². The van der Waals surface area contributed by atoms with Gasteiger partial charge < -0.3 is 25.0 Å². The molecule has 0 aromatic rings. The van der Waals surface area contributed by atoms with E-state index in [2.05, 4.69) is 5.32 Å². The molecule has 0 bridgehead atoms. The lowest BCUT2D eigenvalue weighted by Crippen LogP contribution is -2.51. The van der Waals surface area contributed by atoms with E-state index in [-0.39, 0.29) is 19.1 Å². The molecule has 19 heavy (non-hydrogen) atoms. The lowest BCUT2D eigenvalue weighted by Gasteiger charge is -2.22. The zero-order valence-corrected chi connectivity index (χ0v) is 11.1. The number of carbonyl (C=O) groups excluding carboxylic acids is 2. The molecule has 2 N–H and O–H groups in total. The average Bonchev–Trinajstić information content (AvgIpc) is 2.51. The van der Waals surface area contributed by atoms with Crippen molar-refractivity contribution in [3.8, 4) is 0 Å². The molecular formula is C11H19N3O5. The van der Waals surface area contributed by atoms with E-state index in [1.807, 2.05) is 0 Å². The summed E-state index contributed by atoms with van der Waals surface area (Å²) < 4.78 is 4.73. The maximum Gasteiger partial charge on any atom is 0.328 e. The second-order valence-electron chi connectivity index (χ2n) is 4.39. The van der Waals surface area contributed by atoms with Crippen LogP contribution < -0.4 is 5.32 Å². The lowest BCUT2D eigenvalue weighted by molar-refractivity contribution is -0.140. The van der Waals surface area contributed by atoms with Gasteiger partial charge in [0.05, 0.1) is 6.61 Å². The van der Waals surface area contributed by atoms with Gasteiger partial charge in [-0.15, -0.1) is 0 Å². The molecule has 108 valence electrons. The van der Waals surface area contributed by atoms with Gasteiger partial charge in [-0.25, -0.2) is 9.59 Å².